The largest absolute Gasteiger partial charge is 0.326 e. The highest BCUT2D eigenvalue weighted by atomic mass is 31.2. The fourth-order valence-electron chi connectivity index (χ4n) is 1.39. The summed E-state index contributed by atoms with van der Waals surface area (Å²) in [7, 11) is -2.62. The number of benzene rings is 1. The Morgan fingerprint density at radius 2 is 1.93 bits per heavy atom. The van der Waals surface area contributed by atoms with Crippen molar-refractivity contribution in [3.8, 4) is 0 Å². The second-order valence-corrected chi connectivity index (χ2v) is 5.96. The van der Waals surface area contributed by atoms with Gasteiger partial charge >= 0.3 is 0 Å². The fraction of sp³-hybridized carbons (Fsp3) is 0.333. The summed E-state index contributed by atoms with van der Waals surface area (Å²) in [5.41, 5.74) is 1.03. The Labute approximate surface area is 91.4 Å². The summed E-state index contributed by atoms with van der Waals surface area (Å²) >= 11 is 0. The topological polar surface area (TPSA) is 26.3 Å². The molecule has 1 rings (SSSR count). The summed E-state index contributed by atoms with van der Waals surface area (Å²) in [6.07, 6.45) is 2.30. The first kappa shape index (κ1) is 12.2. The summed E-state index contributed by atoms with van der Waals surface area (Å²) in [4.78, 5) is 0. The van der Waals surface area contributed by atoms with Gasteiger partial charge in [0, 0.05) is 11.5 Å². The predicted molar refractivity (Wildman–Crippen MR) is 65.9 cm³/mol. The van der Waals surface area contributed by atoms with Gasteiger partial charge in [-0.05, 0) is 24.6 Å². The highest BCUT2D eigenvalue weighted by Crippen LogP contribution is 2.44. The molecular formula is C12H17O2P. The van der Waals surface area contributed by atoms with Crippen LogP contribution in [0.25, 0.3) is 6.08 Å². The smallest absolute Gasteiger partial charge is 0.231 e. The van der Waals surface area contributed by atoms with E-state index in [1.54, 1.807) is 6.08 Å². The Morgan fingerprint density at radius 3 is 2.33 bits per heavy atom. The molecule has 0 aromatic heterocycles. The van der Waals surface area contributed by atoms with Gasteiger partial charge < -0.3 is 4.52 Å². The van der Waals surface area contributed by atoms with E-state index in [2.05, 4.69) is 6.58 Å². The third-order valence-corrected chi connectivity index (χ3v) is 4.87. The zero-order valence-corrected chi connectivity index (χ0v) is 10.2. The van der Waals surface area contributed by atoms with Crippen LogP contribution in [-0.2, 0) is 9.09 Å². The van der Waals surface area contributed by atoms with Crippen LogP contribution in [0.3, 0.4) is 0 Å². The van der Waals surface area contributed by atoms with Gasteiger partial charge in [0.1, 0.15) is 0 Å². The Balaban J connectivity index is 3.02. The van der Waals surface area contributed by atoms with Gasteiger partial charge in [-0.2, -0.15) is 0 Å². The van der Waals surface area contributed by atoms with E-state index in [-0.39, 0.29) is 0 Å². The van der Waals surface area contributed by atoms with Crippen LogP contribution in [0.1, 0.15) is 19.4 Å². The van der Waals surface area contributed by atoms with E-state index in [4.69, 9.17) is 4.52 Å². The van der Waals surface area contributed by atoms with Crippen molar-refractivity contribution >= 4 is 18.7 Å². The number of hydrogen-bond acceptors (Lipinski definition) is 2. The molecule has 0 fully saturated rings. The normalized spacial score (nSPS) is 14.5. The average molecular weight is 224 g/mol. The lowest BCUT2D eigenvalue weighted by Crippen LogP contribution is -2.09. The second-order valence-electron chi connectivity index (χ2n) is 3.20. The molecule has 0 saturated heterocycles. The molecule has 0 aliphatic rings. The summed E-state index contributed by atoms with van der Waals surface area (Å²) < 4.78 is 17.7. The summed E-state index contributed by atoms with van der Waals surface area (Å²) in [6.45, 7) is 7.91. The first-order valence-corrected chi connectivity index (χ1v) is 6.94. The fourth-order valence-corrected chi connectivity index (χ4v) is 3.11. The van der Waals surface area contributed by atoms with Gasteiger partial charge in [0.05, 0.1) is 6.61 Å². The Bertz CT molecular complexity index is 368. The quantitative estimate of drug-likeness (QED) is 0.717. The average Bonchev–Trinajstić information content (AvgIpc) is 2.29. The zero-order chi connectivity index (χ0) is 11.3. The molecule has 1 atom stereocenters. The van der Waals surface area contributed by atoms with Crippen LogP contribution in [0, 0.1) is 0 Å². The summed E-state index contributed by atoms with van der Waals surface area (Å²) in [6, 6.07) is 7.53. The van der Waals surface area contributed by atoms with Gasteiger partial charge in [0.15, 0.2) is 0 Å². The molecule has 0 heterocycles. The molecule has 1 unspecified atom stereocenters. The molecule has 0 bridgehead atoms. The Morgan fingerprint density at radius 1 is 1.33 bits per heavy atom. The minimum Gasteiger partial charge on any atom is -0.326 e. The van der Waals surface area contributed by atoms with E-state index >= 15 is 0 Å². The maximum Gasteiger partial charge on any atom is 0.231 e. The Kier molecular flexibility index (Phi) is 4.31. The molecule has 0 N–H and O–H groups in total. The van der Waals surface area contributed by atoms with Gasteiger partial charge in [-0.3, -0.25) is 4.57 Å². The van der Waals surface area contributed by atoms with Crippen LogP contribution in [0.5, 0.6) is 0 Å². The van der Waals surface area contributed by atoms with Crippen molar-refractivity contribution in [2.45, 2.75) is 13.8 Å². The van der Waals surface area contributed by atoms with Crippen molar-refractivity contribution < 1.29 is 9.09 Å². The molecule has 15 heavy (non-hydrogen) atoms. The monoisotopic (exact) mass is 224 g/mol. The van der Waals surface area contributed by atoms with E-state index in [9.17, 15) is 4.57 Å². The lowest BCUT2D eigenvalue weighted by Gasteiger charge is -2.16. The molecule has 0 aliphatic heterocycles. The molecule has 0 saturated carbocycles. The summed E-state index contributed by atoms with van der Waals surface area (Å²) in [5.74, 6) is 0. The van der Waals surface area contributed by atoms with Gasteiger partial charge in [-0.1, -0.05) is 31.7 Å². The highest BCUT2D eigenvalue weighted by molar-refractivity contribution is 7.66. The maximum atomic E-state index is 12.3. The van der Waals surface area contributed by atoms with Gasteiger partial charge in [0.25, 0.3) is 0 Å². The van der Waals surface area contributed by atoms with E-state index in [0.29, 0.717) is 12.8 Å². The standard InChI is InChI=1S/C12H17O2P/c1-4-11-7-9-12(10-8-11)15(13,6-3)14-5-2/h4,7-10H,1,5-6H2,2-3H3. The van der Waals surface area contributed by atoms with Crippen molar-refractivity contribution in [2.24, 2.45) is 0 Å². The SMILES string of the molecule is C=Cc1ccc(P(=O)(CC)OCC)cc1. The molecule has 1 aromatic rings. The predicted octanol–water partition coefficient (Wildman–Crippen LogP) is 3.29. The van der Waals surface area contributed by atoms with Gasteiger partial charge in [-0.25, -0.2) is 0 Å². The minimum atomic E-state index is -2.62. The molecular weight excluding hydrogens is 207 g/mol. The molecule has 0 amide bonds. The van der Waals surface area contributed by atoms with Gasteiger partial charge in [-0.15, -0.1) is 0 Å². The third-order valence-electron chi connectivity index (χ3n) is 2.28. The van der Waals surface area contributed by atoms with Gasteiger partial charge in [0.2, 0.25) is 7.37 Å². The third kappa shape index (κ3) is 2.80. The van der Waals surface area contributed by atoms with Crippen molar-refractivity contribution in [3.63, 3.8) is 0 Å². The molecule has 82 valence electrons. The van der Waals surface area contributed by atoms with Crippen LogP contribution >= 0.6 is 7.37 Å². The van der Waals surface area contributed by atoms with E-state index in [1.165, 1.54) is 0 Å². The van der Waals surface area contributed by atoms with Crippen LogP contribution < -0.4 is 5.30 Å². The highest BCUT2D eigenvalue weighted by Gasteiger charge is 2.22. The first-order valence-electron chi connectivity index (χ1n) is 5.13. The zero-order valence-electron chi connectivity index (χ0n) is 9.27. The lowest BCUT2D eigenvalue weighted by molar-refractivity contribution is 0.341. The second kappa shape index (κ2) is 5.29. The number of hydrogen-bond donors (Lipinski definition) is 0. The van der Waals surface area contributed by atoms with Crippen molar-refractivity contribution in [3.05, 3.63) is 36.4 Å². The molecule has 0 radical (unpaired) electrons. The number of rotatable bonds is 5. The van der Waals surface area contributed by atoms with E-state index in [1.807, 2.05) is 38.1 Å². The van der Waals surface area contributed by atoms with Crippen LogP contribution in [-0.4, -0.2) is 12.8 Å². The lowest BCUT2D eigenvalue weighted by atomic mass is 10.2. The van der Waals surface area contributed by atoms with E-state index < -0.39 is 7.37 Å². The van der Waals surface area contributed by atoms with Crippen molar-refractivity contribution in [1.29, 1.82) is 0 Å². The van der Waals surface area contributed by atoms with Crippen LogP contribution in [0.15, 0.2) is 30.8 Å². The summed E-state index contributed by atoms with van der Waals surface area (Å²) in [5, 5.41) is 0.789. The molecule has 1 aromatic carbocycles. The molecule has 0 spiro atoms. The molecule has 0 aliphatic carbocycles. The molecule has 2 nitrogen and oxygen atoms in total. The maximum absolute atomic E-state index is 12.3. The van der Waals surface area contributed by atoms with Crippen molar-refractivity contribution in [2.75, 3.05) is 12.8 Å². The Hall–Kier alpha value is -0.850. The van der Waals surface area contributed by atoms with E-state index in [0.717, 1.165) is 10.9 Å². The van der Waals surface area contributed by atoms with Crippen LogP contribution in [0.2, 0.25) is 0 Å². The minimum absolute atomic E-state index is 0.480. The first-order chi connectivity index (χ1) is 7.16. The molecule has 3 heteroatoms. The van der Waals surface area contributed by atoms with Crippen LogP contribution in [0.4, 0.5) is 0 Å². The van der Waals surface area contributed by atoms with Crippen molar-refractivity contribution in [1.82, 2.24) is 0 Å².